The van der Waals surface area contributed by atoms with Crippen LogP contribution >= 0.6 is 0 Å². The Labute approximate surface area is 106 Å². The molecule has 0 amide bonds. The van der Waals surface area contributed by atoms with E-state index in [0.29, 0.717) is 12.0 Å². The summed E-state index contributed by atoms with van der Waals surface area (Å²) in [4.78, 5) is 10.6. The fourth-order valence-corrected chi connectivity index (χ4v) is 2.58. The zero-order chi connectivity index (χ0) is 13.1. The van der Waals surface area contributed by atoms with Gasteiger partial charge in [0.05, 0.1) is 11.0 Å². The topological polar surface area (TPSA) is 78.4 Å². The number of para-hydroxylation sites is 1. The lowest BCUT2D eigenvalue weighted by atomic mass is 9.89. The van der Waals surface area contributed by atoms with Crippen molar-refractivity contribution >= 4 is 5.69 Å². The number of nitro benzene ring substituents is 1. The molecule has 0 saturated carbocycles. The van der Waals surface area contributed by atoms with Crippen LogP contribution in [0.4, 0.5) is 5.69 Å². The van der Waals surface area contributed by atoms with Crippen LogP contribution < -0.4 is 5.73 Å². The number of benzene rings is 1. The van der Waals surface area contributed by atoms with E-state index >= 15 is 0 Å². The number of hydrogen-bond donors (Lipinski definition) is 1. The summed E-state index contributed by atoms with van der Waals surface area (Å²) in [6, 6.07) is 6.69. The first kappa shape index (κ1) is 13.0. The summed E-state index contributed by atoms with van der Waals surface area (Å²) >= 11 is 0. The van der Waals surface area contributed by atoms with E-state index in [9.17, 15) is 10.1 Å². The van der Waals surface area contributed by atoms with Crippen LogP contribution in [0.2, 0.25) is 0 Å². The van der Waals surface area contributed by atoms with Crippen molar-refractivity contribution < 1.29 is 9.66 Å². The molecule has 0 spiro atoms. The minimum absolute atomic E-state index is 0.0939. The molecule has 3 unspecified atom stereocenters. The van der Waals surface area contributed by atoms with Crippen LogP contribution in [0.15, 0.2) is 24.3 Å². The average molecular weight is 250 g/mol. The Morgan fingerprint density at radius 1 is 1.56 bits per heavy atom. The van der Waals surface area contributed by atoms with Crippen molar-refractivity contribution in [3.05, 3.63) is 39.9 Å². The first-order chi connectivity index (χ1) is 8.59. The van der Waals surface area contributed by atoms with Gasteiger partial charge in [-0.3, -0.25) is 10.1 Å². The van der Waals surface area contributed by atoms with Crippen LogP contribution in [0.1, 0.15) is 18.9 Å². The summed E-state index contributed by atoms with van der Waals surface area (Å²) in [5, 5.41) is 10.9. The molecule has 1 aliphatic rings. The van der Waals surface area contributed by atoms with Crippen molar-refractivity contribution in [3.63, 3.8) is 0 Å². The molecule has 1 fully saturated rings. The molecule has 5 nitrogen and oxygen atoms in total. The zero-order valence-electron chi connectivity index (χ0n) is 10.4. The molecule has 1 aromatic carbocycles. The minimum Gasteiger partial charge on any atom is -0.378 e. The molecule has 98 valence electrons. The van der Waals surface area contributed by atoms with Crippen molar-refractivity contribution in [2.24, 2.45) is 11.7 Å². The Bertz CT molecular complexity index is 436. The lowest BCUT2D eigenvalue weighted by Crippen LogP contribution is -2.36. The molecule has 2 N–H and O–H groups in total. The molecule has 5 heteroatoms. The molecule has 1 heterocycles. The Balaban J connectivity index is 2.11. The van der Waals surface area contributed by atoms with E-state index < -0.39 is 0 Å². The van der Waals surface area contributed by atoms with Gasteiger partial charge in [0.1, 0.15) is 0 Å². The van der Waals surface area contributed by atoms with Gasteiger partial charge in [0, 0.05) is 30.2 Å². The number of nitrogens with two attached hydrogens (primary N) is 1. The van der Waals surface area contributed by atoms with Crippen LogP contribution in [0.25, 0.3) is 0 Å². The van der Waals surface area contributed by atoms with E-state index in [1.807, 2.05) is 13.0 Å². The maximum atomic E-state index is 10.9. The van der Waals surface area contributed by atoms with Gasteiger partial charge in [-0.15, -0.1) is 0 Å². The van der Waals surface area contributed by atoms with E-state index in [1.54, 1.807) is 12.1 Å². The van der Waals surface area contributed by atoms with Crippen LogP contribution in [-0.4, -0.2) is 23.7 Å². The normalized spacial score (nSPS) is 25.0. The third kappa shape index (κ3) is 2.68. The van der Waals surface area contributed by atoms with E-state index in [2.05, 4.69) is 0 Å². The second-order valence-electron chi connectivity index (χ2n) is 4.78. The smallest absolute Gasteiger partial charge is 0.272 e. The predicted octanol–water partition coefficient (Wildman–Crippen LogP) is 1.89. The summed E-state index contributed by atoms with van der Waals surface area (Å²) in [6.45, 7) is 2.74. The van der Waals surface area contributed by atoms with Gasteiger partial charge < -0.3 is 10.5 Å². The maximum absolute atomic E-state index is 10.9. The largest absolute Gasteiger partial charge is 0.378 e. The quantitative estimate of drug-likeness (QED) is 0.653. The predicted molar refractivity (Wildman–Crippen MR) is 68.3 cm³/mol. The zero-order valence-corrected chi connectivity index (χ0v) is 10.4. The molecule has 2 rings (SSSR count). The second kappa shape index (κ2) is 5.46. The van der Waals surface area contributed by atoms with Gasteiger partial charge >= 0.3 is 0 Å². The first-order valence-electron chi connectivity index (χ1n) is 6.19. The molecule has 0 aromatic heterocycles. The van der Waals surface area contributed by atoms with Crippen molar-refractivity contribution in [1.29, 1.82) is 0 Å². The average Bonchev–Trinajstić information content (AvgIpc) is 2.76. The number of nitrogens with zero attached hydrogens (tertiary/aromatic N) is 1. The lowest BCUT2D eigenvalue weighted by Gasteiger charge is -2.21. The SMILES string of the molecule is CC1OCCC1C(N)Cc1ccccc1[N+](=O)[O-]. The number of nitro groups is 1. The molecule has 1 aliphatic heterocycles. The van der Waals surface area contributed by atoms with Crippen LogP contribution in [0.3, 0.4) is 0 Å². The van der Waals surface area contributed by atoms with E-state index in [4.69, 9.17) is 10.5 Å². The molecule has 3 atom stereocenters. The van der Waals surface area contributed by atoms with Gasteiger partial charge in [0.15, 0.2) is 0 Å². The molecule has 18 heavy (non-hydrogen) atoms. The third-order valence-electron chi connectivity index (χ3n) is 3.63. The molecule has 1 saturated heterocycles. The number of rotatable bonds is 4. The van der Waals surface area contributed by atoms with Crippen molar-refractivity contribution in [2.45, 2.75) is 31.9 Å². The van der Waals surface area contributed by atoms with Crippen LogP contribution in [-0.2, 0) is 11.2 Å². The fraction of sp³-hybridized carbons (Fsp3) is 0.538. The summed E-state index contributed by atoms with van der Waals surface area (Å²) < 4.78 is 5.49. The third-order valence-corrected chi connectivity index (χ3v) is 3.63. The van der Waals surface area contributed by atoms with Gasteiger partial charge in [-0.25, -0.2) is 0 Å². The Morgan fingerprint density at radius 2 is 2.28 bits per heavy atom. The Hall–Kier alpha value is -1.46. The monoisotopic (exact) mass is 250 g/mol. The highest BCUT2D eigenvalue weighted by molar-refractivity contribution is 5.40. The van der Waals surface area contributed by atoms with E-state index in [-0.39, 0.29) is 28.7 Å². The Kier molecular flexibility index (Phi) is 3.93. The molecular formula is C13H18N2O3. The highest BCUT2D eigenvalue weighted by Crippen LogP contribution is 2.27. The molecule has 1 aromatic rings. The summed E-state index contributed by atoms with van der Waals surface area (Å²) in [5.41, 5.74) is 7.02. The lowest BCUT2D eigenvalue weighted by molar-refractivity contribution is -0.385. The highest BCUT2D eigenvalue weighted by atomic mass is 16.6. The van der Waals surface area contributed by atoms with E-state index in [1.165, 1.54) is 6.07 Å². The maximum Gasteiger partial charge on any atom is 0.272 e. The standard InChI is InChI=1S/C13H18N2O3/c1-9-11(6-7-18-9)12(14)8-10-4-2-3-5-13(10)15(16)17/h2-5,9,11-12H,6-8,14H2,1H3. The molecular weight excluding hydrogens is 232 g/mol. The molecule has 0 radical (unpaired) electrons. The summed E-state index contributed by atoms with van der Waals surface area (Å²) in [5.74, 6) is 0.282. The van der Waals surface area contributed by atoms with Gasteiger partial charge in [-0.2, -0.15) is 0 Å². The van der Waals surface area contributed by atoms with Crippen LogP contribution in [0.5, 0.6) is 0 Å². The first-order valence-corrected chi connectivity index (χ1v) is 6.19. The van der Waals surface area contributed by atoms with Crippen molar-refractivity contribution in [2.75, 3.05) is 6.61 Å². The van der Waals surface area contributed by atoms with Crippen molar-refractivity contribution in [3.8, 4) is 0 Å². The minimum atomic E-state index is -0.351. The van der Waals surface area contributed by atoms with Crippen LogP contribution in [0, 0.1) is 16.0 Å². The summed E-state index contributed by atoms with van der Waals surface area (Å²) in [6.07, 6.45) is 1.60. The number of ether oxygens (including phenoxy) is 1. The van der Waals surface area contributed by atoms with Gasteiger partial charge in [-0.1, -0.05) is 18.2 Å². The number of hydrogen-bond acceptors (Lipinski definition) is 4. The van der Waals surface area contributed by atoms with Gasteiger partial charge in [0.25, 0.3) is 5.69 Å². The molecule has 0 aliphatic carbocycles. The van der Waals surface area contributed by atoms with Crippen molar-refractivity contribution in [1.82, 2.24) is 0 Å². The highest BCUT2D eigenvalue weighted by Gasteiger charge is 2.30. The van der Waals surface area contributed by atoms with E-state index in [0.717, 1.165) is 13.0 Å². The van der Waals surface area contributed by atoms with Gasteiger partial charge in [0.2, 0.25) is 0 Å². The molecule has 0 bridgehead atoms. The fourth-order valence-electron chi connectivity index (χ4n) is 2.58. The second-order valence-corrected chi connectivity index (χ2v) is 4.78. The Morgan fingerprint density at radius 3 is 2.89 bits per heavy atom. The summed E-state index contributed by atoms with van der Waals surface area (Å²) in [7, 11) is 0. The van der Waals surface area contributed by atoms with Gasteiger partial charge in [-0.05, 0) is 19.8 Å².